The highest BCUT2D eigenvalue weighted by molar-refractivity contribution is 6.03. The number of benzene rings is 3. The van der Waals surface area contributed by atoms with Crippen LogP contribution >= 0.6 is 0 Å². The van der Waals surface area contributed by atoms with Crippen LogP contribution in [0.4, 0.5) is 19.2 Å². The zero-order valence-electron chi connectivity index (χ0n) is 15.4. The summed E-state index contributed by atoms with van der Waals surface area (Å²) in [4.78, 5) is 12.4. The predicted molar refractivity (Wildman–Crippen MR) is 105 cm³/mol. The average Bonchev–Trinajstić information content (AvgIpc) is 3.22. The van der Waals surface area contributed by atoms with Crippen LogP contribution in [0.5, 0.6) is 0 Å². The van der Waals surface area contributed by atoms with Gasteiger partial charge in [0.1, 0.15) is 0 Å². The second kappa shape index (κ2) is 7.82. The summed E-state index contributed by atoms with van der Waals surface area (Å²) >= 11 is 0. The molecule has 0 unspecified atom stereocenters. The Balaban J connectivity index is 1.45. The van der Waals surface area contributed by atoms with Crippen LogP contribution in [-0.4, -0.2) is 16.1 Å². The van der Waals surface area contributed by atoms with Crippen molar-refractivity contribution >= 4 is 11.9 Å². The van der Waals surface area contributed by atoms with Crippen molar-refractivity contribution in [2.75, 3.05) is 5.32 Å². The van der Waals surface area contributed by atoms with Gasteiger partial charge in [-0.15, -0.1) is 5.10 Å². The molecule has 0 radical (unpaired) electrons. The van der Waals surface area contributed by atoms with Crippen molar-refractivity contribution in [3.63, 3.8) is 0 Å². The lowest BCUT2D eigenvalue weighted by atomic mass is 10.0. The molecule has 0 atom stereocenters. The lowest BCUT2D eigenvalue weighted by Crippen LogP contribution is -2.11. The van der Waals surface area contributed by atoms with Gasteiger partial charge in [-0.2, -0.15) is 13.2 Å². The van der Waals surface area contributed by atoms with Gasteiger partial charge in [0, 0.05) is 11.1 Å². The number of carbonyl (C=O) groups excluding carboxylic acids is 1. The SMILES string of the molecule is O=C(Nc1nnc(-c2ccc(C(F)(F)F)cc2)o1)c1ccc(-c2ccccc2)cc1. The first kappa shape index (κ1) is 19.4. The van der Waals surface area contributed by atoms with E-state index in [9.17, 15) is 18.0 Å². The fourth-order valence-corrected chi connectivity index (χ4v) is 2.81. The zero-order valence-corrected chi connectivity index (χ0v) is 15.4. The molecule has 150 valence electrons. The van der Waals surface area contributed by atoms with Crippen LogP contribution in [0.25, 0.3) is 22.6 Å². The Labute approximate surface area is 169 Å². The Bertz CT molecular complexity index is 1150. The first-order chi connectivity index (χ1) is 14.4. The molecular weight excluding hydrogens is 395 g/mol. The fourth-order valence-electron chi connectivity index (χ4n) is 2.81. The molecule has 0 saturated heterocycles. The van der Waals surface area contributed by atoms with E-state index in [-0.39, 0.29) is 11.9 Å². The Morgan fingerprint density at radius 1 is 0.767 bits per heavy atom. The highest BCUT2D eigenvalue weighted by Crippen LogP contribution is 2.31. The first-order valence-electron chi connectivity index (χ1n) is 8.88. The summed E-state index contributed by atoms with van der Waals surface area (Å²) in [5.74, 6) is -0.448. The number of nitrogens with zero attached hydrogens (tertiary/aromatic N) is 2. The lowest BCUT2D eigenvalue weighted by Gasteiger charge is -2.06. The van der Waals surface area contributed by atoms with Crippen LogP contribution in [-0.2, 0) is 6.18 Å². The van der Waals surface area contributed by atoms with Gasteiger partial charge in [-0.3, -0.25) is 10.1 Å². The number of alkyl halides is 3. The van der Waals surface area contributed by atoms with Crippen molar-refractivity contribution in [2.45, 2.75) is 6.18 Å². The van der Waals surface area contributed by atoms with Gasteiger partial charge in [-0.1, -0.05) is 47.6 Å². The molecule has 8 heteroatoms. The largest absolute Gasteiger partial charge is 0.416 e. The molecule has 4 rings (SSSR count). The number of amides is 1. The molecular formula is C22H14F3N3O2. The van der Waals surface area contributed by atoms with E-state index in [0.29, 0.717) is 11.1 Å². The maximum Gasteiger partial charge on any atom is 0.416 e. The Hall–Kier alpha value is -3.94. The molecule has 30 heavy (non-hydrogen) atoms. The van der Waals surface area contributed by atoms with E-state index < -0.39 is 17.6 Å². The standard InChI is InChI=1S/C22H14F3N3O2/c23-22(24,25)18-12-10-17(11-13-18)20-27-28-21(30-20)26-19(29)16-8-6-15(7-9-16)14-4-2-1-3-5-14/h1-13H,(H,26,28,29). The number of carbonyl (C=O) groups is 1. The molecule has 3 aromatic carbocycles. The second-order valence-corrected chi connectivity index (χ2v) is 6.38. The number of nitrogens with one attached hydrogen (secondary N) is 1. The molecule has 1 amide bonds. The van der Waals surface area contributed by atoms with Gasteiger partial charge in [-0.25, -0.2) is 0 Å². The summed E-state index contributed by atoms with van der Waals surface area (Å²) in [5.41, 5.74) is 1.92. The highest BCUT2D eigenvalue weighted by atomic mass is 19.4. The summed E-state index contributed by atoms with van der Waals surface area (Å²) in [6.45, 7) is 0. The molecule has 0 aliphatic heterocycles. The minimum absolute atomic E-state index is 0.00144. The van der Waals surface area contributed by atoms with Crippen LogP contribution in [0.15, 0.2) is 83.3 Å². The van der Waals surface area contributed by atoms with Crippen molar-refractivity contribution in [2.24, 2.45) is 0 Å². The van der Waals surface area contributed by atoms with E-state index in [4.69, 9.17) is 4.42 Å². The van der Waals surface area contributed by atoms with Gasteiger partial charge in [0.2, 0.25) is 5.89 Å². The molecule has 0 spiro atoms. The Morgan fingerprint density at radius 3 is 2.00 bits per heavy atom. The van der Waals surface area contributed by atoms with E-state index in [1.807, 2.05) is 42.5 Å². The molecule has 0 aliphatic carbocycles. The Morgan fingerprint density at radius 2 is 1.37 bits per heavy atom. The molecule has 1 N–H and O–H groups in total. The molecule has 1 heterocycles. The third-order valence-electron chi connectivity index (χ3n) is 4.36. The van der Waals surface area contributed by atoms with Crippen LogP contribution in [0.1, 0.15) is 15.9 Å². The van der Waals surface area contributed by atoms with Crippen molar-refractivity contribution < 1.29 is 22.4 Å². The molecule has 1 aromatic heterocycles. The van der Waals surface area contributed by atoms with Gasteiger partial charge in [0.25, 0.3) is 5.91 Å². The van der Waals surface area contributed by atoms with Gasteiger partial charge in [-0.05, 0) is 47.5 Å². The van der Waals surface area contributed by atoms with E-state index >= 15 is 0 Å². The summed E-state index contributed by atoms with van der Waals surface area (Å²) in [5, 5.41) is 9.97. The molecule has 0 saturated carbocycles. The van der Waals surface area contributed by atoms with Crippen molar-refractivity contribution in [1.29, 1.82) is 0 Å². The van der Waals surface area contributed by atoms with Crippen molar-refractivity contribution in [3.8, 4) is 22.6 Å². The second-order valence-electron chi connectivity index (χ2n) is 6.38. The topological polar surface area (TPSA) is 68.0 Å². The predicted octanol–water partition coefficient (Wildman–Crippen LogP) is 5.67. The first-order valence-corrected chi connectivity index (χ1v) is 8.88. The highest BCUT2D eigenvalue weighted by Gasteiger charge is 2.30. The summed E-state index contributed by atoms with van der Waals surface area (Å²) in [6, 6.07) is 20.9. The summed E-state index contributed by atoms with van der Waals surface area (Å²) in [7, 11) is 0. The van der Waals surface area contributed by atoms with Crippen molar-refractivity contribution in [3.05, 3.63) is 90.0 Å². The lowest BCUT2D eigenvalue weighted by molar-refractivity contribution is -0.137. The number of anilines is 1. The molecule has 0 aliphatic rings. The monoisotopic (exact) mass is 409 g/mol. The molecule has 0 fully saturated rings. The zero-order chi connectivity index (χ0) is 21.1. The summed E-state index contributed by atoms with van der Waals surface area (Å²) in [6.07, 6.45) is -4.43. The normalized spacial score (nSPS) is 11.3. The number of hydrogen-bond acceptors (Lipinski definition) is 4. The molecule has 0 bridgehead atoms. The van der Waals surface area contributed by atoms with Gasteiger partial charge >= 0.3 is 12.2 Å². The minimum Gasteiger partial charge on any atom is -0.403 e. The summed E-state index contributed by atoms with van der Waals surface area (Å²) < 4.78 is 43.3. The van der Waals surface area contributed by atoms with Gasteiger partial charge in [0.05, 0.1) is 5.56 Å². The number of hydrogen-bond donors (Lipinski definition) is 1. The smallest absolute Gasteiger partial charge is 0.403 e. The van der Waals surface area contributed by atoms with E-state index in [2.05, 4.69) is 15.5 Å². The van der Waals surface area contributed by atoms with Gasteiger partial charge in [0.15, 0.2) is 0 Å². The third kappa shape index (κ3) is 4.22. The quantitative estimate of drug-likeness (QED) is 0.471. The molecule has 4 aromatic rings. The Kier molecular flexibility index (Phi) is 5.05. The third-order valence-corrected chi connectivity index (χ3v) is 4.36. The number of rotatable bonds is 4. The van der Waals surface area contributed by atoms with E-state index in [1.54, 1.807) is 12.1 Å². The van der Waals surface area contributed by atoms with Crippen LogP contribution in [0.2, 0.25) is 0 Å². The minimum atomic E-state index is -4.43. The van der Waals surface area contributed by atoms with E-state index in [1.165, 1.54) is 12.1 Å². The van der Waals surface area contributed by atoms with Gasteiger partial charge < -0.3 is 4.42 Å². The number of aromatic nitrogens is 2. The van der Waals surface area contributed by atoms with Crippen LogP contribution in [0, 0.1) is 0 Å². The van der Waals surface area contributed by atoms with Crippen LogP contribution < -0.4 is 5.32 Å². The molecule has 5 nitrogen and oxygen atoms in total. The van der Waals surface area contributed by atoms with E-state index in [0.717, 1.165) is 23.3 Å². The maximum absolute atomic E-state index is 12.7. The van der Waals surface area contributed by atoms with Crippen molar-refractivity contribution in [1.82, 2.24) is 10.2 Å². The maximum atomic E-state index is 12.7. The average molecular weight is 409 g/mol. The van der Waals surface area contributed by atoms with Crippen LogP contribution in [0.3, 0.4) is 0 Å². The fraction of sp³-hybridized carbons (Fsp3) is 0.0455. The number of halogens is 3.